The summed E-state index contributed by atoms with van der Waals surface area (Å²) in [5.74, 6) is 0.117. The van der Waals surface area contributed by atoms with E-state index in [-0.39, 0.29) is 5.91 Å². The van der Waals surface area contributed by atoms with Gasteiger partial charge in [-0.15, -0.1) is 0 Å². The van der Waals surface area contributed by atoms with Crippen LogP contribution in [0, 0.1) is 13.8 Å². The fourth-order valence-electron chi connectivity index (χ4n) is 3.24. The number of anilines is 1. The van der Waals surface area contributed by atoms with Gasteiger partial charge in [0.05, 0.1) is 11.3 Å². The number of aryl methyl sites for hydroxylation is 2. The normalized spacial score (nSPS) is 15.7. The van der Waals surface area contributed by atoms with E-state index >= 15 is 0 Å². The second kappa shape index (κ2) is 6.44. The zero-order valence-electron chi connectivity index (χ0n) is 14.0. The Morgan fingerprint density at radius 1 is 1.17 bits per heavy atom. The van der Waals surface area contributed by atoms with Crippen molar-refractivity contribution in [1.82, 2.24) is 14.7 Å². The second-order valence-corrected chi connectivity index (χ2v) is 6.25. The van der Waals surface area contributed by atoms with Crippen molar-refractivity contribution in [2.45, 2.75) is 32.7 Å². The predicted octanol–water partition coefficient (Wildman–Crippen LogP) is 2.75. The molecule has 0 saturated carbocycles. The Balaban J connectivity index is 1.61. The first-order valence-electron chi connectivity index (χ1n) is 8.17. The molecule has 0 unspecified atom stereocenters. The SMILES string of the molecule is Cc1nn(C)c(C)c1C(=O)N1CCC(Nc2ccccc2)CC1. The number of carbonyl (C=O) groups excluding carboxylic acids is 1. The average Bonchev–Trinajstić information content (AvgIpc) is 2.81. The first kappa shape index (κ1) is 15.6. The molecule has 122 valence electrons. The lowest BCUT2D eigenvalue weighted by Gasteiger charge is -2.33. The lowest BCUT2D eigenvalue weighted by molar-refractivity contribution is 0.0717. The Morgan fingerprint density at radius 3 is 2.39 bits per heavy atom. The molecule has 3 rings (SSSR count). The summed E-state index contributed by atoms with van der Waals surface area (Å²) in [7, 11) is 1.88. The van der Waals surface area contributed by atoms with Crippen LogP contribution in [-0.2, 0) is 7.05 Å². The molecular formula is C18H24N4O. The van der Waals surface area contributed by atoms with Crippen LogP contribution in [0.5, 0.6) is 0 Å². The van der Waals surface area contributed by atoms with Crippen LogP contribution in [0.2, 0.25) is 0 Å². The Kier molecular flexibility index (Phi) is 4.37. The Morgan fingerprint density at radius 2 is 1.83 bits per heavy atom. The minimum atomic E-state index is 0.117. The van der Waals surface area contributed by atoms with Crippen molar-refractivity contribution in [1.29, 1.82) is 0 Å². The van der Waals surface area contributed by atoms with E-state index in [4.69, 9.17) is 0 Å². The van der Waals surface area contributed by atoms with Gasteiger partial charge in [0.25, 0.3) is 5.91 Å². The van der Waals surface area contributed by atoms with Crippen LogP contribution in [0.3, 0.4) is 0 Å². The average molecular weight is 312 g/mol. The number of aromatic nitrogens is 2. The van der Waals surface area contributed by atoms with E-state index in [2.05, 4.69) is 22.5 Å². The van der Waals surface area contributed by atoms with Gasteiger partial charge in [-0.1, -0.05) is 18.2 Å². The van der Waals surface area contributed by atoms with Crippen molar-refractivity contribution in [3.63, 3.8) is 0 Å². The molecule has 1 N–H and O–H groups in total. The minimum Gasteiger partial charge on any atom is -0.382 e. The van der Waals surface area contributed by atoms with Gasteiger partial charge in [-0.25, -0.2) is 0 Å². The molecule has 1 aromatic heterocycles. The zero-order chi connectivity index (χ0) is 16.4. The van der Waals surface area contributed by atoms with Gasteiger partial charge in [-0.2, -0.15) is 5.10 Å². The van der Waals surface area contributed by atoms with Gasteiger partial charge < -0.3 is 10.2 Å². The van der Waals surface area contributed by atoms with Crippen molar-refractivity contribution in [2.75, 3.05) is 18.4 Å². The summed E-state index contributed by atoms with van der Waals surface area (Å²) in [6.45, 7) is 5.44. The van der Waals surface area contributed by atoms with Crippen LogP contribution >= 0.6 is 0 Å². The fraction of sp³-hybridized carbons (Fsp3) is 0.444. The van der Waals surface area contributed by atoms with E-state index in [1.54, 1.807) is 4.68 Å². The summed E-state index contributed by atoms with van der Waals surface area (Å²) in [6.07, 6.45) is 1.94. The topological polar surface area (TPSA) is 50.2 Å². The van der Waals surface area contributed by atoms with Crippen molar-refractivity contribution in [3.8, 4) is 0 Å². The Bertz CT molecular complexity index is 685. The lowest BCUT2D eigenvalue weighted by Crippen LogP contribution is -2.42. The molecule has 0 radical (unpaired) electrons. The number of benzene rings is 1. The number of amides is 1. The smallest absolute Gasteiger partial charge is 0.257 e. The summed E-state index contributed by atoms with van der Waals surface area (Å²) >= 11 is 0. The fourth-order valence-corrected chi connectivity index (χ4v) is 3.24. The van der Waals surface area contributed by atoms with E-state index < -0.39 is 0 Å². The van der Waals surface area contributed by atoms with Gasteiger partial charge in [-0.05, 0) is 38.8 Å². The molecule has 1 amide bonds. The first-order chi connectivity index (χ1) is 11.1. The van der Waals surface area contributed by atoms with Crippen molar-refractivity contribution in [3.05, 3.63) is 47.3 Å². The monoisotopic (exact) mass is 312 g/mol. The highest BCUT2D eigenvalue weighted by Crippen LogP contribution is 2.20. The maximum absolute atomic E-state index is 12.8. The van der Waals surface area contributed by atoms with E-state index in [0.29, 0.717) is 6.04 Å². The number of likely N-dealkylation sites (tertiary alicyclic amines) is 1. The van der Waals surface area contributed by atoms with Crippen molar-refractivity contribution in [2.24, 2.45) is 7.05 Å². The lowest BCUT2D eigenvalue weighted by atomic mass is 10.0. The van der Waals surface area contributed by atoms with Gasteiger partial charge in [0.15, 0.2) is 0 Å². The molecule has 1 aliphatic heterocycles. The molecule has 0 spiro atoms. The molecule has 2 aromatic rings. The largest absolute Gasteiger partial charge is 0.382 e. The molecular weight excluding hydrogens is 288 g/mol. The number of piperidine rings is 1. The standard InChI is InChI=1S/C18H24N4O/c1-13-17(14(2)21(3)20-13)18(23)22-11-9-16(10-12-22)19-15-7-5-4-6-8-15/h4-8,16,19H,9-12H2,1-3H3. The number of para-hydroxylation sites is 1. The first-order valence-corrected chi connectivity index (χ1v) is 8.17. The third-order valence-corrected chi connectivity index (χ3v) is 4.65. The van der Waals surface area contributed by atoms with E-state index in [0.717, 1.165) is 48.6 Å². The second-order valence-electron chi connectivity index (χ2n) is 6.25. The van der Waals surface area contributed by atoms with Gasteiger partial charge in [-0.3, -0.25) is 9.48 Å². The van der Waals surface area contributed by atoms with Crippen LogP contribution in [-0.4, -0.2) is 39.7 Å². The third-order valence-electron chi connectivity index (χ3n) is 4.65. The van der Waals surface area contributed by atoms with Crippen LogP contribution in [0.25, 0.3) is 0 Å². The van der Waals surface area contributed by atoms with Crippen LogP contribution in [0.1, 0.15) is 34.6 Å². The number of carbonyl (C=O) groups is 1. The number of hydrogen-bond donors (Lipinski definition) is 1. The maximum Gasteiger partial charge on any atom is 0.257 e. The summed E-state index contributed by atoms with van der Waals surface area (Å²) < 4.78 is 1.78. The summed E-state index contributed by atoms with van der Waals surface area (Å²) in [4.78, 5) is 14.7. The van der Waals surface area contributed by atoms with E-state index in [1.807, 2.05) is 44.0 Å². The molecule has 0 aliphatic carbocycles. The number of rotatable bonds is 3. The van der Waals surface area contributed by atoms with Gasteiger partial charge in [0.1, 0.15) is 0 Å². The van der Waals surface area contributed by atoms with Crippen LogP contribution in [0.15, 0.2) is 30.3 Å². The van der Waals surface area contributed by atoms with E-state index in [1.165, 1.54) is 0 Å². The van der Waals surface area contributed by atoms with Crippen LogP contribution in [0.4, 0.5) is 5.69 Å². The van der Waals surface area contributed by atoms with Gasteiger partial charge in [0.2, 0.25) is 0 Å². The molecule has 1 aromatic carbocycles. The minimum absolute atomic E-state index is 0.117. The van der Waals surface area contributed by atoms with E-state index in [9.17, 15) is 4.79 Å². The molecule has 1 saturated heterocycles. The maximum atomic E-state index is 12.8. The highest BCUT2D eigenvalue weighted by atomic mass is 16.2. The molecule has 0 atom stereocenters. The number of hydrogen-bond acceptors (Lipinski definition) is 3. The highest BCUT2D eigenvalue weighted by Gasteiger charge is 2.27. The molecule has 1 aliphatic rings. The molecule has 0 bridgehead atoms. The van der Waals surface area contributed by atoms with Gasteiger partial charge in [0, 0.05) is 37.6 Å². The van der Waals surface area contributed by atoms with Crippen LogP contribution < -0.4 is 5.32 Å². The Labute approximate surface area is 137 Å². The van der Waals surface area contributed by atoms with Crippen molar-refractivity contribution < 1.29 is 4.79 Å². The summed E-state index contributed by atoms with van der Waals surface area (Å²) in [5, 5.41) is 7.91. The number of nitrogens with one attached hydrogen (secondary N) is 1. The number of nitrogens with zero attached hydrogens (tertiary/aromatic N) is 3. The van der Waals surface area contributed by atoms with Crippen molar-refractivity contribution >= 4 is 11.6 Å². The summed E-state index contributed by atoms with van der Waals surface area (Å²) in [5.41, 5.74) is 3.68. The highest BCUT2D eigenvalue weighted by molar-refractivity contribution is 5.96. The third kappa shape index (κ3) is 3.23. The molecule has 5 heteroatoms. The molecule has 23 heavy (non-hydrogen) atoms. The molecule has 1 fully saturated rings. The van der Waals surface area contributed by atoms with Gasteiger partial charge >= 0.3 is 0 Å². The summed E-state index contributed by atoms with van der Waals surface area (Å²) in [6, 6.07) is 10.7. The molecule has 2 heterocycles. The Hall–Kier alpha value is -2.30. The predicted molar refractivity (Wildman–Crippen MR) is 91.7 cm³/mol. The molecule has 5 nitrogen and oxygen atoms in total. The zero-order valence-corrected chi connectivity index (χ0v) is 14.0. The quantitative estimate of drug-likeness (QED) is 0.948.